The van der Waals surface area contributed by atoms with Gasteiger partial charge in [-0.05, 0) is 62.4 Å². The van der Waals surface area contributed by atoms with E-state index in [1.165, 1.54) is 29.6 Å². The Bertz CT molecular complexity index is 1340. The second kappa shape index (κ2) is 11.6. The smallest absolute Gasteiger partial charge is 0.313 e. The minimum Gasteiger partial charge on any atom is -0.442 e. The first-order chi connectivity index (χ1) is 18.1. The van der Waals surface area contributed by atoms with Crippen molar-refractivity contribution in [3.05, 3.63) is 94.6 Å². The topological polar surface area (TPSA) is 89.1 Å². The molecule has 0 unspecified atom stereocenters. The van der Waals surface area contributed by atoms with E-state index in [-0.39, 0.29) is 36.7 Å². The number of rotatable bonds is 8. The second-order valence-electron chi connectivity index (χ2n) is 10.3. The van der Waals surface area contributed by atoms with Gasteiger partial charge in [0.25, 0.3) is 0 Å². The van der Waals surface area contributed by atoms with Gasteiger partial charge in [-0.2, -0.15) is 0 Å². The zero-order chi connectivity index (χ0) is 27.3. The van der Waals surface area contributed by atoms with Crippen molar-refractivity contribution in [2.75, 3.05) is 6.73 Å². The molecule has 1 aliphatic carbocycles. The first-order valence-electron chi connectivity index (χ1n) is 12.5. The van der Waals surface area contributed by atoms with Gasteiger partial charge in [-0.1, -0.05) is 48.5 Å². The molecule has 0 aromatic heterocycles. The van der Waals surface area contributed by atoms with E-state index in [0.29, 0.717) is 16.7 Å². The molecule has 8 heteroatoms. The fourth-order valence-electron chi connectivity index (χ4n) is 4.28. The third-order valence-corrected chi connectivity index (χ3v) is 6.46. The SMILES string of the molecule is CC(C)(C)C(=O)OC/N=C/N=C(N)c1ccc(-c2ccc(F)c(CNC3Cc4ccccc4C3)c2F)cc1. The van der Waals surface area contributed by atoms with Gasteiger partial charge in [-0.3, -0.25) is 4.79 Å². The minimum atomic E-state index is -0.608. The van der Waals surface area contributed by atoms with Gasteiger partial charge in [0.1, 0.15) is 23.8 Å². The number of amidine groups is 1. The number of carbonyl (C=O) groups is 1. The average Bonchev–Trinajstić information content (AvgIpc) is 3.31. The largest absolute Gasteiger partial charge is 0.442 e. The quantitative estimate of drug-likeness (QED) is 0.245. The van der Waals surface area contributed by atoms with Gasteiger partial charge in [-0.25, -0.2) is 18.8 Å². The standard InChI is InChI=1S/C30H32F2N4O2/c1-30(2,3)29(37)38-18-34-17-36-28(33)20-10-8-19(9-11-20)24-12-13-26(31)25(27(24)32)16-35-23-14-21-6-4-5-7-22(21)15-23/h4-13,17,23,35H,14-16,18H2,1-3H3,(H2,33,34,36). The minimum absolute atomic E-state index is 0.0204. The van der Waals surface area contributed by atoms with Crippen LogP contribution < -0.4 is 11.1 Å². The van der Waals surface area contributed by atoms with Crippen LogP contribution >= 0.6 is 0 Å². The Labute approximate surface area is 221 Å². The summed E-state index contributed by atoms with van der Waals surface area (Å²) in [6.45, 7) is 5.21. The van der Waals surface area contributed by atoms with E-state index < -0.39 is 17.0 Å². The van der Waals surface area contributed by atoms with E-state index >= 15 is 4.39 Å². The number of esters is 1. The van der Waals surface area contributed by atoms with Crippen LogP contribution in [0.1, 0.15) is 43.0 Å². The first-order valence-corrected chi connectivity index (χ1v) is 12.5. The van der Waals surface area contributed by atoms with Crippen LogP contribution in [-0.4, -0.2) is 30.9 Å². The Hall–Kier alpha value is -3.91. The molecule has 0 fully saturated rings. The molecule has 0 radical (unpaired) electrons. The van der Waals surface area contributed by atoms with Crippen LogP contribution in [0.3, 0.4) is 0 Å². The van der Waals surface area contributed by atoms with Gasteiger partial charge in [0.15, 0.2) is 6.73 Å². The molecule has 0 amide bonds. The lowest BCUT2D eigenvalue weighted by Crippen LogP contribution is -2.29. The molecule has 0 saturated carbocycles. The molecule has 3 aromatic carbocycles. The van der Waals surface area contributed by atoms with E-state index in [4.69, 9.17) is 10.5 Å². The van der Waals surface area contributed by atoms with Crippen molar-refractivity contribution >= 4 is 18.1 Å². The molecule has 0 heterocycles. The highest BCUT2D eigenvalue weighted by Crippen LogP contribution is 2.28. The van der Waals surface area contributed by atoms with E-state index in [0.717, 1.165) is 12.8 Å². The number of hydrogen-bond donors (Lipinski definition) is 2. The molecule has 1 aliphatic rings. The third kappa shape index (κ3) is 6.50. The van der Waals surface area contributed by atoms with Crippen molar-refractivity contribution in [1.29, 1.82) is 0 Å². The number of benzene rings is 3. The number of ether oxygens (including phenoxy) is 1. The zero-order valence-electron chi connectivity index (χ0n) is 21.8. The van der Waals surface area contributed by atoms with Gasteiger partial charge in [0.2, 0.25) is 0 Å². The van der Waals surface area contributed by atoms with Crippen molar-refractivity contribution in [2.24, 2.45) is 21.1 Å². The Morgan fingerprint density at radius 3 is 2.34 bits per heavy atom. The Balaban J connectivity index is 1.39. The fraction of sp³-hybridized carbons (Fsp3) is 0.300. The van der Waals surface area contributed by atoms with Crippen molar-refractivity contribution in [1.82, 2.24) is 5.32 Å². The lowest BCUT2D eigenvalue weighted by molar-refractivity contribution is -0.152. The maximum absolute atomic E-state index is 15.4. The van der Waals surface area contributed by atoms with Crippen LogP contribution in [0.5, 0.6) is 0 Å². The third-order valence-electron chi connectivity index (χ3n) is 6.46. The summed E-state index contributed by atoms with van der Waals surface area (Å²) in [5, 5.41) is 3.32. The summed E-state index contributed by atoms with van der Waals surface area (Å²) in [6.07, 6.45) is 2.91. The predicted molar refractivity (Wildman–Crippen MR) is 146 cm³/mol. The molecular weight excluding hydrogens is 486 g/mol. The summed E-state index contributed by atoms with van der Waals surface area (Å²) in [4.78, 5) is 19.7. The van der Waals surface area contributed by atoms with E-state index in [1.54, 1.807) is 45.0 Å². The number of aliphatic imine (C=N–C) groups is 2. The van der Waals surface area contributed by atoms with Crippen molar-refractivity contribution in [3.8, 4) is 11.1 Å². The molecule has 0 bridgehead atoms. The van der Waals surface area contributed by atoms with Gasteiger partial charge in [-0.15, -0.1) is 0 Å². The highest BCUT2D eigenvalue weighted by atomic mass is 19.1. The van der Waals surface area contributed by atoms with Gasteiger partial charge < -0.3 is 15.8 Å². The number of nitrogens with two attached hydrogens (primary N) is 1. The Kier molecular flexibility index (Phi) is 8.32. The predicted octanol–water partition coefficient (Wildman–Crippen LogP) is 5.17. The molecular formula is C30H32F2N4O2. The van der Waals surface area contributed by atoms with Crippen molar-refractivity contribution in [3.63, 3.8) is 0 Å². The summed E-state index contributed by atoms with van der Waals surface area (Å²) in [7, 11) is 0. The summed E-state index contributed by atoms with van der Waals surface area (Å²) in [6, 6.07) is 17.9. The first kappa shape index (κ1) is 27.1. The fourth-order valence-corrected chi connectivity index (χ4v) is 4.28. The summed E-state index contributed by atoms with van der Waals surface area (Å²) < 4.78 is 35.0. The van der Waals surface area contributed by atoms with Crippen LogP contribution in [0.25, 0.3) is 11.1 Å². The summed E-state index contributed by atoms with van der Waals surface area (Å²) in [5.74, 6) is -1.32. The number of fused-ring (bicyclic) bond motifs is 1. The molecule has 0 spiro atoms. The van der Waals surface area contributed by atoms with E-state index in [9.17, 15) is 9.18 Å². The Morgan fingerprint density at radius 2 is 1.71 bits per heavy atom. The highest BCUT2D eigenvalue weighted by Gasteiger charge is 2.23. The van der Waals surface area contributed by atoms with Crippen LogP contribution in [0.4, 0.5) is 8.78 Å². The summed E-state index contributed by atoms with van der Waals surface area (Å²) in [5.41, 5.74) is 9.49. The second-order valence-corrected chi connectivity index (χ2v) is 10.3. The molecule has 0 atom stereocenters. The zero-order valence-corrected chi connectivity index (χ0v) is 21.8. The maximum atomic E-state index is 15.4. The number of halogens is 2. The molecule has 6 nitrogen and oxygen atoms in total. The molecule has 0 aliphatic heterocycles. The Morgan fingerprint density at radius 1 is 1.05 bits per heavy atom. The number of hydrogen-bond acceptors (Lipinski definition) is 4. The highest BCUT2D eigenvalue weighted by molar-refractivity contribution is 6.01. The molecule has 198 valence electrons. The number of nitrogens with one attached hydrogen (secondary N) is 1. The molecule has 3 aromatic rings. The van der Waals surface area contributed by atoms with Crippen LogP contribution in [0.2, 0.25) is 0 Å². The normalized spacial score (nSPS) is 14.2. The van der Waals surface area contributed by atoms with Crippen molar-refractivity contribution in [2.45, 2.75) is 46.2 Å². The lowest BCUT2D eigenvalue weighted by atomic mass is 9.98. The van der Waals surface area contributed by atoms with E-state index in [1.807, 2.05) is 12.1 Å². The molecule has 3 N–H and O–H groups in total. The lowest BCUT2D eigenvalue weighted by Gasteiger charge is -2.15. The number of nitrogens with zero attached hydrogens (tertiary/aromatic N) is 2. The molecule has 0 saturated heterocycles. The average molecular weight is 519 g/mol. The molecule has 4 rings (SSSR count). The van der Waals surface area contributed by atoms with Crippen LogP contribution in [-0.2, 0) is 28.9 Å². The number of carbonyl (C=O) groups excluding carboxylic acids is 1. The monoisotopic (exact) mass is 518 g/mol. The van der Waals surface area contributed by atoms with E-state index in [2.05, 4.69) is 27.4 Å². The summed E-state index contributed by atoms with van der Waals surface area (Å²) >= 11 is 0. The van der Waals surface area contributed by atoms with Crippen molar-refractivity contribution < 1.29 is 18.3 Å². The van der Waals surface area contributed by atoms with Crippen LogP contribution in [0.15, 0.2) is 70.6 Å². The van der Waals surface area contributed by atoms with Gasteiger partial charge in [0, 0.05) is 29.3 Å². The van der Waals surface area contributed by atoms with Crippen LogP contribution in [0, 0.1) is 17.0 Å². The van der Waals surface area contributed by atoms with Gasteiger partial charge >= 0.3 is 5.97 Å². The van der Waals surface area contributed by atoms with Gasteiger partial charge in [0.05, 0.1) is 5.41 Å². The maximum Gasteiger partial charge on any atom is 0.313 e. The molecule has 38 heavy (non-hydrogen) atoms.